The maximum absolute atomic E-state index is 5.67. The van der Waals surface area contributed by atoms with Crippen molar-refractivity contribution in [3.05, 3.63) is 46.5 Å². The van der Waals surface area contributed by atoms with E-state index in [4.69, 9.17) is 39.9 Å². The highest BCUT2D eigenvalue weighted by atomic mass is 16.7. The highest BCUT2D eigenvalue weighted by molar-refractivity contribution is 5.54. The van der Waals surface area contributed by atoms with Crippen molar-refractivity contribution in [3.63, 3.8) is 0 Å². The van der Waals surface area contributed by atoms with Crippen LogP contribution in [0, 0.1) is 0 Å². The summed E-state index contributed by atoms with van der Waals surface area (Å²) in [6.45, 7) is 3.06. The van der Waals surface area contributed by atoms with Crippen LogP contribution in [0.2, 0.25) is 0 Å². The molecule has 0 saturated carbocycles. The molecule has 0 aliphatic carbocycles. The van der Waals surface area contributed by atoms with Crippen LogP contribution in [0.4, 0.5) is 0 Å². The first-order valence-electron chi connectivity index (χ1n) is 10.3. The Labute approximate surface area is 174 Å². The van der Waals surface area contributed by atoms with E-state index in [9.17, 15) is 0 Å². The molecule has 8 nitrogen and oxygen atoms in total. The lowest BCUT2D eigenvalue weighted by Gasteiger charge is -2.25. The van der Waals surface area contributed by atoms with E-state index >= 15 is 0 Å². The Bertz CT molecular complexity index is 859. The molecule has 8 heteroatoms. The molecule has 2 aromatic rings. The number of hydrogen-bond acceptors (Lipinski definition) is 8. The van der Waals surface area contributed by atoms with Gasteiger partial charge in [0.1, 0.15) is 0 Å². The molecular weight excluding hydrogens is 388 g/mol. The predicted octanol–water partition coefficient (Wildman–Crippen LogP) is 1.98. The lowest BCUT2D eigenvalue weighted by molar-refractivity contribution is 0.0475. The summed E-state index contributed by atoms with van der Waals surface area (Å²) < 4.78 is 32.8. The molecule has 6 rings (SSSR count). The molecule has 160 valence electrons. The summed E-state index contributed by atoms with van der Waals surface area (Å²) in [5.41, 5.74) is 16.0. The summed E-state index contributed by atoms with van der Waals surface area (Å²) in [6, 6.07) is 7.91. The molecule has 4 N–H and O–H groups in total. The van der Waals surface area contributed by atoms with Crippen molar-refractivity contribution in [1.82, 2.24) is 0 Å². The molecule has 4 aliphatic heterocycles. The molecule has 30 heavy (non-hydrogen) atoms. The van der Waals surface area contributed by atoms with Crippen LogP contribution in [0.25, 0.3) is 0 Å². The Morgan fingerprint density at radius 2 is 1.13 bits per heavy atom. The van der Waals surface area contributed by atoms with Gasteiger partial charge in [0, 0.05) is 24.2 Å². The zero-order chi connectivity index (χ0) is 20.5. The van der Waals surface area contributed by atoms with Gasteiger partial charge in [-0.15, -0.1) is 0 Å². The molecule has 0 aromatic heterocycles. The van der Waals surface area contributed by atoms with E-state index < -0.39 is 0 Å². The van der Waals surface area contributed by atoms with Crippen molar-refractivity contribution in [2.45, 2.75) is 25.0 Å². The minimum atomic E-state index is 0.00301. The number of rotatable bonds is 2. The van der Waals surface area contributed by atoms with Gasteiger partial charge in [0.15, 0.2) is 23.0 Å². The number of fused-ring (bicyclic) bond motifs is 6. The third-order valence-corrected chi connectivity index (χ3v) is 5.82. The molecule has 0 saturated heterocycles. The molecule has 2 atom stereocenters. The summed E-state index contributed by atoms with van der Waals surface area (Å²) in [5.74, 6) is 3.45. The minimum Gasteiger partial charge on any atom is -0.454 e. The summed E-state index contributed by atoms with van der Waals surface area (Å²) in [5, 5.41) is 0. The summed E-state index contributed by atoms with van der Waals surface area (Å²) in [7, 11) is 0. The Hall–Kier alpha value is -2.52. The van der Waals surface area contributed by atoms with Gasteiger partial charge in [-0.3, -0.25) is 0 Å². The highest BCUT2D eigenvalue weighted by Gasteiger charge is 2.28. The number of hydrogen-bond donors (Lipinski definition) is 2. The lowest BCUT2D eigenvalue weighted by Crippen LogP contribution is -2.23. The normalized spacial score (nSPS) is 22.6. The van der Waals surface area contributed by atoms with E-state index in [1.807, 2.05) is 24.3 Å². The first kappa shape index (κ1) is 19.4. The summed E-state index contributed by atoms with van der Waals surface area (Å²) in [4.78, 5) is 0. The monoisotopic (exact) mass is 414 g/mol. The van der Waals surface area contributed by atoms with Gasteiger partial charge >= 0.3 is 0 Å². The van der Waals surface area contributed by atoms with Crippen LogP contribution in [0.1, 0.15) is 34.5 Å². The zero-order valence-corrected chi connectivity index (χ0v) is 16.7. The second-order valence-electron chi connectivity index (χ2n) is 7.42. The van der Waals surface area contributed by atoms with Crippen LogP contribution in [-0.2, 0) is 22.3 Å². The molecule has 0 radical (unpaired) electrons. The van der Waals surface area contributed by atoms with Gasteiger partial charge in [-0.25, -0.2) is 0 Å². The predicted molar refractivity (Wildman–Crippen MR) is 108 cm³/mol. The third kappa shape index (κ3) is 3.35. The average molecular weight is 414 g/mol. The van der Waals surface area contributed by atoms with Gasteiger partial charge < -0.3 is 39.9 Å². The minimum absolute atomic E-state index is 0.00301. The third-order valence-electron chi connectivity index (χ3n) is 5.82. The average Bonchev–Trinajstić information content (AvgIpc) is 3.48. The first-order chi connectivity index (χ1) is 14.8. The topological polar surface area (TPSA) is 107 Å². The molecule has 0 bridgehead atoms. The van der Waals surface area contributed by atoms with Crippen molar-refractivity contribution in [2.24, 2.45) is 11.5 Å². The van der Waals surface area contributed by atoms with E-state index in [-0.39, 0.29) is 12.2 Å². The molecule has 4 heterocycles. The largest absolute Gasteiger partial charge is 0.454 e. The summed E-state index contributed by atoms with van der Waals surface area (Å²) in [6.07, 6.45) is 1.75. The fraction of sp³-hybridized carbons (Fsp3) is 0.455. The molecule has 0 fully saturated rings. The van der Waals surface area contributed by atoms with E-state index in [1.54, 1.807) is 0 Å². The van der Waals surface area contributed by atoms with Crippen molar-refractivity contribution in [2.75, 3.05) is 39.9 Å². The van der Waals surface area contributed by atoms with Crippen molar-refractivity contribution in [1.29, 1.82) is 0 Å². The molecule has 0 amide bonds. The van der Waals surface area contributed by atoms with Gasteiger partial charge in [0.05, 0.1) is 25.4 Å². The van der Waals surface area contributed by atoms with Crippen LogP contribution in [0.15, 0.2) is 24.3 Å². The van der Waals surface area contributed by atoms with E-state index in [2.05, 4.69) is 0 Å². The quantitative estimate of drug-likeness (QED) is 0.768. The van der Waals surface area contributed by atoms with Gasteiger partial charge in [-0.1, -0.05) is 12.1 Å². The Morgan fingerprint density at radius 1 is 0.667 bits per heavy atom. The van der Waals surface area contributed by atoms with Gasteiger partial charge in [0.2, 0.25) is 13.6 Å². The van der Waals surface area contributed by atoms with Crippen LogP contribution in [-0.4, -0.2) is 39.9 Å². The van der Waals surface area contributed by atoms with Crippen LogP contribution in [0.5, 0.6) is 23.0 Å². The maximum atomic E-state index is 5.67. The SMILES string of the molecule is NC[C@@H]1OCCc2c1ccc1c2OCO1.NC[C@H]1OCCc2c1ccc1c2OCO1. The molecule has 4 aliphatic rings. The molecule has 0 unspecified atom stereocenters. The fourth-order valence-electron chi connectivity index (χ4n) is 4.39. The highest BCUT2D eigenvalue weighted by Crippen LogP contribution is 2.43. The smallest absolute Gasteiger partial charge is 0.231 e. The Morgan fingerprint density at radius 3 is 1.57 bits per heavy atom. The lowest BCUT2D eigenvalue weighted by atomic mass is 9.96. The van der Waals surface area contributed by atoms with Crippen LogP contribution >= 0.6 is 0 Å². The van der Waals surface area contributed by atoms with Gasteiger partial charge in [0.25, 0.3) is 0 Å². The Balaban J connectivity index is 0.000000128. The fourth-order valence-corrected chi connectivity index (χ4v) is 4.39. The van der Waals surface area contributed by atoms with Crippen molar-refractivity contribution < 1.29 is 28.4 Å². The first-order valence-corrected chi connectivity index (χ1v) is 10.3. The summed E-state index contributed by atoms with van der Waals surface area (Å²) >= 11 is 0. The van der Waals surface area contributed by atoms with Gasteiger partial charge in [-0.2, -0.15) is 0 Å². The Kier molecular flexibility index (Phi) is 5.39. The van der Waals surface area contributed by atoms with Crippen LogP contribution < -0.4 is 30.4 Å². The molecule has 2 aromatic carbocycles. The van der Waals surface area contributed by atoms with Crippen molar-refractivity contribution in [3.8, 4) is 23.0 Å². The van der Waals surface area contributed by atoms with Crippen LogP contribution in [0.3, 0.4) is 0 Å². The second-order valence-corrected chi connectivity index (χ2v) is 7.42. The van der Waals surface area contributed by atoms with E-state index in [0.717, 1.165) is 47.0 Å². The van der Waals surface area contributed by atoms with E-state index in [1.165, 1.54) is 11.1 Å². The van der Waals surface area contributed by atoms with E-state index in [0.29, 0.717) is 39.9 Å². The van der Waals surface area contributed by atoms with Gasteiger partial charge in [-0.05, 0) is 36.1 Å². The van der Waals surface area contributed by atoms with Crippen molar-refractivity contribution >= 4 is 0 Å². The standard InChI is InChI=1S/2C11H13NO3/c2*12-5-10-7-1-2-9-11(15-6-14-9)8(7)3-4-13-10/h2*1-2,10H,3-6,12H2/t2*10-/m10/s1. The molecule has 0 spiro atoms. The molecular formula is C22H26N2O6. The number of ether oxygens (including phenoxy) is 6. The number of benzene rings is 2. The maximum Gasteiger partial charge on any atom is 0.231 e. The zero-order valence-electron chi connectivity index (χ0n) is 16.7. The number of nitrogens with two attached hydrogens (primary N) is 2. The second kappa shape index (κ2) is 8.31.